The summed E-state index contributed by atoms with van der Waals surface area (Å²) in [4.78, 5) is 37.7. The van der Waals surface area contributed by atoms with E-state index in [0.717, 1.165) is 25.7 Å². The van der Waals surface area contributed by atoms with Crippen LogP contribution in [-0.2, 0) is 14.3 Å². The topological polar surface area (TPSA) is 72.9 Å². The molecule has 0 bridgehead atoms. The van der Waals surface area contributed by atoms with Crippen molar-refractivity contribution >= 4 is 23.3 Å². The second kappa shape index (κ2) is 9.20. The number of Topliss-reactive ketones (excluding diaryl/α,β-unsaturated/α-hetero) is 1. The fourth-order valence-corrected chi connectivity index (χ4v) is 2.63. The van der Waals surface area contributed by atoms with Gasteiger partial charge in [0.15, 0.2) is 12.4 Å². The third kappa shape index (κ3) is 5.05. The maximum absolute atomic E-state index is 12.2. The summed E-state index contributed by atoms with van der Waals surface area (Å²) in [6.45, 7) is 4.06. The van der Waals surface area contributed by atoms with Gasteiger partial charge in [0, 0.05) is 12.0 Å². The van der Waals surface area contributed by atoms with Gasteiger partial charge in [0.05, 0.1) is 12.3 Å². The molecule has 1 aromatic rings. The molecule has 0 N–H and O–H groups in total. The molecule has 6 nitrogen and oxygen atoms in total. The predicted octanol–water partition coefficient (Wildman–Crippen LogP) is 3.13. The van der Waals surface area contributed by atoms with Crippen LogP contribution in [0.4, 0.5) is 5.69 Å². The second-order valence-electron chi connectivity index (χ2n) is 6.05. The Morgan fingerprint density at radius 2 is 2.00 bits per heavy atom. The van der Waals surface area contributed by atoms with Crippen molar-refractivity contribution in [3.05, 3.63) is 23.8 Å². The Labute approximate surface area is 148 Å². The average molecular weight is 347 g/mol. The lowest BCUT2D eigenvalue weighted by Gasteiger charge is -2.29. The lowest BCUT2D eigenvalue weighted by molar-refractivity contribution is -0.143. The molecule has 0 spiro atoms. The molecule has 0 aromatic heterocycles. The Bertz CT molecular complexity index is 641. The zero-order chi connectivity index (χ0) is 18.2. The van der Waals surface area contributed by atoms with Crippen LogP contribution in [0, 0.1) is 0 Å². The van der Waals surface area contributed by atoms with E-state index in [-0.39, 0.29) is 24.8 Å². The average Bonchev–Trinajstić information content (AvgIpc) is 2.61. The molecule has 1 heterocycles. The molecule has 0 saturated carbocycles. The molecule has 1 amide bonds. The molecule has 6 heteroatoms. The number of hydrogen-bond donors (Lipinski definition) is 0. The fraction of sp³-hybridized carbons (Fsp3) is 0.526. The smallest absolute Gasteiger partial charge is 0.326 e. The van der Waals surface area contributed by atoms with Gasteiger partial charge in [-0.2, -0.15) is 0 Å². The number of anilines is 1. The van der Waals surface area contributed by atoms with E-state index in [4.69, 9.17) is 9.47 Å². The first-order valence-corrected chi connectivity index (χ1v) is 8.82. The van der Waals surface area contributed by atoms with Crippen molar-refractivity contribution in [2.24, 2.45) is 0 Å². The van der Waals surface area contributed by atoms with E-state index in [1.54, 1.807) is 18.2 Å². The summed E-state index contributed by atoms with van der Waals surface area (Å²) >= 11 is 0. The van der Waals surface area contributed by atoms with Crippen LogP contribution in [0.2, 0.25) is 0 Å². The number of rotatable bonds is 9. The highest BCUT2D eigenvalue weighted by molar-refractivity contribution is 6.04. The van der Waals surface area contributed by atoms with Gasteiger partial charge in [-0.1, -0.05) is 26.7 Å². The summed E-state index contributed by atoms with van der Waals surface area (Å²) < 4.78 is 10.6. The Kier molecular flexibility index (Phi) is 6.98. The second-order valence-corrected chi connectivity index (χ2v) is 6.05. The molecule has 1 aromatic carbocycles. The van der Waals surface area contributed by atoms with E-state index in [1.807, 2.05) is 6.92 Å². The quantitative estimate of drug-likeness (QED) is 0.390. The summed E-state index contributed by atoms with van der Waals surface area (Å²) in [5, 5.41) is 0. The molecule has 0 aliphatic carbocycles. The van der Waals surface area contributed by atoms with Crippen LogP contribution in [0.15, 0.2) is 18.2 Å². The monoisotopic (exact) mass is 347 g/mol. The van der Waals surface area contributed by atoms with E-state index in [0.29, 0.717) is 30.0 Å². The molecule has 1 aliphatic rings. The molecule has 25 heavy (non-hydrogen) atoms. The zero-order valence-electron chi connectivity index (χ0n) is 14.9. The minimum Gasteiger partial charge on any atom is -0.482 e. The molecule has 2 rings (SSSR count). The number of carbonyl (C=O) groups excluding carboxylic acids is 3. The third-order valence-corrected chi connectivity index (χ3v) is 4.00. The van der Waals surface area contributed by atoms with Crippen LogP contribution in [-0.4, -0.2) is 37.4 Å². The number of ether oxygens (including phenoxy) is 2. The van der Waals surface area contributed by atoms with Crippen molar-refractivity contribution in [1.82, 2.24) is 0 Å². The molecular weight excluding hydrogens is 322 g/mol. The van der Waals surface area contributed by atoms with Crippen molar-refractivity contribution in [2.45, 2.75) is 46.0 Å². The fourth-order valence-electron chi connectivity index (χ4n) is 2.63. The first kappa shape index (κ1) is 19.0. The number of nitrogens with zero attached hydrogens (tertiary/aromatic N) is 1. The Morgan fingerprint density at radius 3 is 2.72 bits per heavy atom. The minimum atomic E-state index is -0.456. The maximum Gasteiger partial charge on any atom is 0.326 e. The van der Waals surface area contributed by atoms with Crippen LogP contribution in [0.3, 0.4) is 0 Å². The SMILES string of the molecule is CCCCCOC(=O)CN1C(=O)COc2ccc(C(=O)CCC)cc21. The van der Waals surface area contributed by atoms with Crippen molar-refractivity contribution in [3.8, 4) is 5.75 Å². The van der Waals surface area contributed by atoms with Gasteiger partial charge in [-0.3, -0.25) is 19.3 Å². The van der Waals surface area contributed by atoms with Crippen LogP contribution in [0.1, 0.15) is 56.3 Å². The summed E-state index contributed by atoms with van der Waals surface area (Å²) in [7, 11) is 0. The van der Waals surface area contributed by atoms with Crippen LogP contribution in [0.25, 0.3) is 0 Å². The van der Waals surface area contributed by atoms with Gasteiger partial charge in [-0.05, 0) is 31.0 Å². The number of benzene rings is 1. The first-order chi connectivity index (χ1) is 12.1. The van der Waals surface area contributed by atoms with Gasteiger partial charge in [-0.25, -0.2) is 0 Å². The molecule has 0 fully saturated rings. The Balaban J connectivity index is 2.11. The number of amides is 1. The van der Waals surface area contributed by atoms with Crippen LogP contribution in [0.5, 0.6) is 5.75 Å². The molecule has 0 saturated heterocycles. The molecule has 0 unspecified atom stereocenters. The van der Waals surface area contributed by atoms with Gasteiger partial charge in [0.1, 0.15) is 12.3 Å². The molecule has 0 radical (unpaired) electrons. The predicted molar refractivity (Wildman–Crippen MR) is 94.0 cm³/mol. The highest BCUT2D eigenvalue weighted by Crippen LogP contribution is 2.33. The summed E-state index contributed by atoms with van der Waals surface area (Å²) in [5.41, 5.74) is 0.962. The van der Waals surface area contributed by atoms with Gasteiger partial charge in [-0.15, -0.1) is 0 Å². The maximum atomic E-state index is 12.2. The normalized spacial score (nSPS) is 13.2. The number of esters is 1. The number of fused-ring (bicyclic) bond motifs is 1. The molecule has 136 valence electrons. The number of hydrogen-bond acceptors (Lipinski definition) is 5. The van der Waals surface area contributed by atoms with Crippen molar-refractivity contribution in [3.63, 3.8) is 0 Å². The van der Waals surface area contributed by atoms with Crippen LogP contribution >= 0.6 is 0 Å². The standard InChI is InChI=1S/C19H25NO5/c1-3-5-6-10-24-19(23)12-20-15-11-14(16(21)7-4-2)8-9-17(15)25-13-18(20)22/h8-9,11H,3-7,10,12-13H2,1-2H3. The largest absolute Gasteiger partial charge is 0.482 e. The molecule has 1 aliphatic heterocycles. The summed E-state index contributed by atoms with van der Waals surface area (Å²) in [6.07, 6.45) is 4.04. The van der Waals surface area contributed by atoms with Crippen molar-refractivity contribution in [2.75, 3.05) is 24.7 Å². The minimum absolute atomic E-state index is 0.00501. The highest BCUT2D eigenvalue weighted by atomic mass is 16.5. The number of ketones is 1. The first-order valence-electron chi connectivity index (χ1n) is 8.82. The highest BCUT2D eigenvalue weighted by Gasteiger charge is 2.28. The van der Waals surface area contributed by atoms with Crippen molar-refractivity contribution in [1.29, 1.82) is 0 Å². The van der Waals surface area contributed by atoms with Gasteiger partial charge < -0.3 is 9.47 Å². The Morgan fingerprint density at radius 1 is 1.20 bits per heavy atom. The van der Waals surface area contributed by atoms with Gasteiger partial charge in [0.2, 0.25) is 0 Å². The molecule has 0 atom stereocenters. The van der Waals surface area contributed by atoms with Crippen LogP contribution < -0.4 is 9.64 Å². The number of unbranched alkanes of at least 4 members (excludes halogenated alkanes) is 2. The Hall–Kier alpha value is -2.37. The lowest BCUT2D eigenvalue weighted by Crippen LogP contribution is -2.42. The number of carbonyl (C=O) groups is 3. The van der Waals surface area contributed by atoms with E-state index < -0.39 is 5.97 Å². The van der Waals surface area contributed by atoms with E-state index >= 15 is 0 Å². The summed E-state index contributed by atoms with van der Waals surface area (Å²) in [6, 6.07) is 4.98. The van der Waals surface area contributed by atoms with E-state index in [9.17, 15) is 14.4 Å². The zero-order valence-corrected chi connectivity index (χ0v) is 14.9. The van der Waals surface area contributed by atoms with E-state index in [2.05, 4.69) is 6.92 Å². The van der Waals surface area contributed by atoms with Gasteiger partial charge >= 0.3 is 5.97 Å². The van der Waals surface area contributed by atoms with E-state index in [1.165, 1.54) is 4.90 Å². The third-order valence-electron chi connectivity index (χ3n) is 4.00. The summed E-state index contributed by atoms with van der Waals surface area (Å²) in [5.74, 6) is -0.280. The lowest BCUT2D eigenvalue weighted by atomic mass is 10.0. The molecular formula is C19H25NO5. The van der Waals surface area contributed by atoms with Gasteiger partial charge in [0.25, 0.3) is 5.91 Å². The van der Waals surface area contributed by atoms with Crippen molar-refractivity contribution < 1.29 is 23.9 Å².